The lowest BCUT2D eigenvalue weighted by Crippen LogP contribution is -2.49. The molecule has 0 aliphatic carbocycles. The van der Waals surface area contributed by atoms with Crippen molar-refractivity contribution < 1.29 is 14.3 Å². The average Bonchev–Trinajstić information content (AvgIpc) is 2.85. The Labute approximate surface area is 193 Å². The standard InChI is InChI=1S/C23H31N7O3/c1-33-20-7-6-18(17-19(20)30-11-3-2-5-21(30)31)27-23(32)26-10-12-28-13-15-29(16-14-28)22-24-8-4-9-25-22/h4,6-9,17H,2-3,5,10-16H2,1H3,(H2,26,27,32). The SMILES string of the molecule is COc1ccc(NC(=O)NCCN2CCN(c3ncccn3)CC2)cc1N1CCCCC1=O. The highest BCUT2D eigenvalue weighted by Gasteiger charge is 2.23. The van der Waals surface area contributed by atoms with E-state index in [9.17, 15) is 9.59 Å². The first-order valence-corrected chi connectivity index (χ1v) is 11.4. The Morgan fingerprint density at radius 1 is 1.09 bits per heavy atom. The van der Waals surface area contributed by atoms with Crippen LogP contribution < -0.4 is 25.2 Å². The van der Waals surface area contributed by atoms with Crippen molar-refractivity contribution in [1.82, 2.24) is 20.2 Å². The van der Waals surface area contributed by atoms with Gasteiger partial charge in [-0.3, -0.25) is 9.69 Å². The number of hydrogen-bond donors (Lipinski definition) is 2. The number of carbonyl (C=O) groups is 2. The van der Waals surface area contributed by atoms with Crippen molar-refractivity contribution in [2.75, 3.05) is 68.0 Å². The molecule has 0 spiro atoms. The van der Waals surface area contributed by atoms with Gasteiger partial charge in [0, 0.05) is 70.3 Å². The van der Waals surface area contributed by atoms with Crippen LogP contribution in [-0.4, -0.2) is 79.7 Å². The Balaban J connectivity index is 1.24. The number of methoxy groups -OCH3 is 1. The number of nitrogens with one attached hydrogen (secondary N) is 2. The third-order valence-electron chi connectivity index (χ3n) is 5.97. The monoisotopic (exact) mass is 453 g/mol. The molecular formula is C23H31N7O3. The molecule has 0 bridgehead atoms. The first-order chi connectivity index (χ1) is 16.1. The maximum absolute atomic E-state index is 12.4. The van der Waals surface area contributed by atoms with Gasteiger partial charge in [-0.25, -0.2) is 14.8 Å². The van der Waals surface area contributed by atoms with E-state index in [-0.39, 0.29) is 11.9 Å². The Morgan fingerprint density at radius 2 is 1.88 bits per heavy atom. The van der Waals surface area contributed by atoms with E-state index >= 15 is 0 Å². The fourth-order valence-electron chi connectivity index (χ4n) is 4.17. The summed E-state index contributed by atoms with van der Waals surface area (Å²) >= 11 is 0. The molecule has 0 unspecified atom stereocenters. The summed E-state index contributed by atoms with van der Waals surface area (Å²) < 4.78 is 5.44. The lowest BCUT2D eigenvalue weighted by atomic mass is 10.1. The van der Waals surface area contributed by atoms with Gasteiger partial charge in [-0.2, -0.15) is 0 Å². The van der Waals surface area contributed by atoms with E-state index in [1.807, 2.05) is 6.07 Å². The third-order valence-corrected chi connectivity index (χ3v) is 5.97. The van der Waals surface area contributed by atoms with Gasteiger partial charge in [-0.1, -0.05) is 0 Å². The van der Waals surface area contributed by atoms with Gasteiger partial charge in [-0.05, 0) is 37.1 Å². The van der Waals surface area contributed by atoms with Gasteiger partial charge in [0.05, 0.1) is 12.8 Å². The van der Waals surface area contributed by atoms with Crippen molar-refractivity contribution in [3.8, 4) is 5.75 Å². The molecule has 4 rings (SSSR count). The molecule has 0 radical (unpaired) electrons. The number of piperazine rings is 1. The minimum absolute atomic E-state index is 0.0834. The number of anilines is 3. The Hall–Kier alpha value is -3.40. The number of nitrogens with zero attached hydrogens (tertiary/aromatic N) is 5. The zero-order valence-corrected chi connectivity index (χ0v) is 19.0. The number of urea groups is 1. The predicted octanol–water partition coefficient (Wildman–Crippen LogP) is 1.95. The second kappa shape index (κ2) is 11.0. The van der Waals surface area contributed by atoms with Crippen LogP contribution in [0.5, 0.6) is 5.75 Å². The maximum Gasteiger partial charge on any atom is 0.319 e. The number of amides is 3. The molecule has 1 aromatic carbocycles. The van der Waals surface area contributed by atoms with Crippen LogP contribution in [0.4, 0.5) is 22.1 Å². The van der Waals surface area contributed by atoms with Crippen molar-refractivity contribution in [1.29, 1.82) is 0 Å². The van der Waals surface area contributed by atoms with Crippen molar-refractivity contribution >= 4 is 29.3 Å². The lowest BCUT2D eigenvalue weighted by Gasteiger charge is -2.34. The molecule has 1 aromatic heterocycles. The Bertz CT molecular complexity index is 948. The van der Waals surface area contributed by atoms with Crippen LogP contribution in [0, 0.1) is 0 Å². The van der Waals surface area contributed by atoms with E-state index in [0.717, 1.165) is 51.5 Å². The van der Waals surface area contributed by atoms with Crippen molar-refractivity contribution in [3.63, 3.8) is 0 Å². The highest BCUT2D eigenvalue weighted by Crippen LogP contribution is 2.33. The molecule has 2 aliphatic rings. The number of hydrogen-bond acceptors (Lipinski definition) is 7. The normalized spacial score (nSPS) is 17.1. The summed E-state index contributed by atoms with van der Waals surface area (Å²) in [6.07, 6.45) is 5.92. The van der Waals surface area contributed by atoms with E-state index in [1.165, 1.54) is 0 Å². The second-order valence-corrected chi connectivity index (χ2v) is 8.15. The van der Waals surface area contributed by atoms with Crippen LogP contribution >= 0.6 is 0 Å². The Kier molecular flexibility index (Phi) is 7.56. The van der Waals surface area contributed by atoms with Gasteiger partial charge in [0.2, 0.25) is 11.9 Å². The molecule has 3 heterocycles. The smallest absolute Gasteiger partial charge is 0.319 e. The number of rotatable bonds is 7. The van der Waals surface area contributed by atoms with Crippen LogP contribution in [-0.2, 0) is 4.79 Å². The van der Waals surface area contributed by atoms with E-state index in [2.05, 4.69) is 30.4 Å². The summed E-state index contributed by atoms with van der Waals surface area (Å²) in [7, 11) is 1.58. The molecule has 10 nitrogen and oxygen atoms in total. The van der Waals surface area contributed by atoms with Crippen LogP contribution in [0.3, 0.4) is 0 Å². The van der Waals surface area contributed by atoms with Crippen LogP contribution in [0.2, 0.25) is 0 Å². The first-order valence-electron chi connectivity index (χ1n) is 11.4. The number of piperidine rings is 1. The Morgan fingerprint density at radius 3 is 2.61 bits per heavy atom. The molecule has 0 atom stereocenters. The minimum Gasteiger partial charge on any atom is -0.495 e. The predicted molar refractivity (Wildman–Crippen MR) is 127 cm³/mol. The van der Waals surface area contributed by atoms with Crippen LogP contribution in [0.15, 0.2) is 36.7 Å². The number of ether oxygens (including phenoxy) is 1. The maximum atomic E-state index is 12.4. The van der Waals surface area contributed by atoms with Crippen molar-refractivity contribution in [3.05, 3.63) is 36.7 Å². The molecule has 33 heavy (non-hydrogen) atoms. The summed E-state index contributed by atoms with van der Waals surface area (Å²) in [6.45, 7) is 5.49. The highest BCUT2D eigenvalue weighted by atomic mass is 16.5. The molecule has 2 aliphatic heterocycles. The van der Waals surface area contributed by atoms with E-state index < -0.39 is 0 Å². The topological polar surface area (TPSA) is 103 Å². The zero-order valence-electron chi connectivity index (χ0n) is 19.0. The number of aromatic nitrogens is 2. The summed E-state index contributed by atoms with van der Waals surface area (Å²) in [5.41, 5.74) is 1.32. The van der Waals surface area contributed by atoms with Crippen molar-refractivity contribution in [2.45, 2.75) is 19.3 Å². The minimum atomic E-state index is -0.271. The van der Waals surface area contributed by atoms with Crippen molar-refractivity contribution in [2.24, 2.45) is 0 Å². The van der Waals surface area contributed by atoms with Crippen LogP contribution in [0.25, 0.3) is 0 Å². The summed E-state index contributed by atoms with van der Waals surface area (Å²) in [6, 6.07) is 6.90. The van der Waals surface area contributed by atoms with Gasteiger partial charge < -0.3 is 25.2 Å². The zero-order chi connectivity index (χ0) is 23.0. The van der Waals surface area contributed by atoms with Gasteiger partial charge in [0.1, 0.15) is 5.75 Å². The molecule has 2 saturated heterocycles. The number of carbonyl (C=O) groups excluding carboxylic acids is 2. The van der Waals surface area contributed by atoms with E-state index in [1.54, 1.807) is 42.6 Å². The largest absolute Gasteiger partial charge is 0.495 e. The van der Waals surface area contributed by atoms with Crippen LogP contribution in [0.1, 0.15) is 19.3 Å². The molecule has 0 saturated carbocycles. The molecule has 3 amide bonds. The quantitative estimate of drug-likeness (QED) is 0.660. The summed E-state index contributed by atoms with van der Waals surface area (Å²) in [5.74, 6) is 1.47. The molecular weight excluding hydrogens is 422 g/mol. The summed E-state index contributed by atoms with van der Waals surface area (Å²) in [5, 5.41) is 5.78. The molecule has 176 valence electrons. The molecule has 2 fully saturated rings. The second-order valence-electron chi connectivity index (χ2n) is 8.15. The van der Waals surface area contributed by atoms with E-state index in [4.69, 9.17) is 4.74 Å². The molecule has 2 N–H and O–H groups in total. The fourth-order valence-corrected chi connectivity index (χ4v) is 4.17. The van der Waals surface area contributed by atoms with Gasteiger partial charge >= 0.3 is 6.03 Å². The fraction of sp³-hybridized carbons (Fsp3) is 0.478. The third kappa shape index (κ3) is 5.89. The first kappa shape index (κ1) is 22.8. The number of benzene rings is 1. The van der Waals surface area contributed by atoms with E-state index in [0.29, 0.717) is 36.6 Å². The molecule has 10 heteroatoms. The van der Waals surface area contributed by atoms with Gasteiger partial charge in [0.25, 0.3) is 0 Å². The lowest BCUT2D eigenvalue weighted by molar-refractivity contribution is -0.119. The van der Waals surface area contributed by atoms with Gasteiger partial charge in [0.15, 0.2) is 0 Å². The van der Waals surface area contributed by atoms with Gasteiger partial charge in [-0.15, -0.1) is 0 Å². The highest BCUT2D eigenvalue weighted by molar-refractivity contribution is 5.97. The molecule has 2 aromatic rings. The average molecular weight is 454 g/mol. The summed E-state index contributed by atoms with van der Waals surface area (Å²) in [4.78, 5) is 39.6.